The maximum atomic E-state index is 12.0. The van der Waals surface area contributed by atoms with E-state index in [1.54, 1.807) is 7.05 Å². The number of nitrogens with zero attached hydrogens (tertiary/aromatic N) is 1. The van der Waals surface area contributed by atoms with Gasteiger partial charge in [0.2, 0.25) is 0 Å². The number of aromatic amines is 1. The SMILES string of the molecule is CNCc1c(-c2ccc(C(C)C)cc2)[nH]n(C)c1=O. The van der Waals surface area contributed by atoms with Crippen LogP contribution in [0.4, 0.5) is 0 Å². The number of aryl methyl sites for hydroxylation is 1. The summed E-state index contributed by atoms with van der Waals surface area (Å²) in [7, 11) is 3.59. The molecule has 0 aliphatic rings. The molecule has 0 saturated heterocycles. The lowest BCUT2D eigenvalue weighted by Gasteiger charge is -2.07. The van der Waals surface area contributed by atoms with Gasteiger partial charge in [0.25, 0.3) is 5.56 Å². The molecule has 0 spiro atoms. The zero-order chi connectivity index (χ0) is 14.0. The summed E-state index contributed by atoms with van der Waals surface area (Å²) in [6.07, 6.45) is 0. The van der Waals surface area contributed by atoms with Crippen molar-refractivity contribution in [2.24, 2.45) is 7.05 Å². The van der Waals surface area contributed by atoms with Gasteiger partial charge in [-0.3, -0.25) is 14.6 Å². The van der Waals surface area contributed by atoms with Gasteiger partial charge in [0.15, 0.2) is 0 Å². The summed E-state index contributed by atoms with van der Waals surface area (Å²) < 4.78 is 1.53. The minimum atomic E-state index is 0.0253. The predicted octanol–water partition coefficient (Wildman–Crippen LogP) is 2.22. The summed E-state index contributed by atoms with van der Waals surface area (Å²) in [5.41, 5.74) is 4.06. The summed E-state index contributed by atoms with van der Waals surface area (Å²) in [5.74, 6) is 0.514. The van der Waals surface area contributed by atoms with E-state index in [1.165, 1.54) is 10.2 Å². The van der Waals surface area contributed by atoms with Gasteiger partial charge >= 0.3 is 0 Å². The minimum Gasteiger partial charge on any atom is -0.315 e. The van der Waals surface area contributed by atoms with Gasteiger partial charge in [-0.2, -0.15) is 0 Å². The molecule has 1 aromatic carbocycles. The van der Waals surface area contributed by atoms with Gasteiger partial charge in [-0.15, -0.1) is 0 Å². The van der Waals surface area contributed by atoms with E-state index in [-0.39, 0.29) is 5.56 Å². The smallest absolute Gasteiger partial charge is 0.271 e. The van der Waals surface area contributed by atoms with E-state index >= 15 is 0 Å². The zero-order valence-corrected chi connectivity index (χ0v) is 11.9. The second-order valence-corrected chi connectivity index (χ2v) is 5.14. The molecule has 0 radical (unpaired) electrons. The second-order valence-electron chi connectivity index (χ2n) is 5.14. The number of hydrogen-bond donors (Lipinski definition) is 2. The molecule has 0 amide bonds. The molecular formula is C15H21N3O. The summed E-state index contributed by atoms with van der Waals surface area (Å²) in [6, 6.07) is 8.38. The molecule has 0 aliphatic carbocycles. The number of rotatable bonds is 4. The Kier molecular flexibility index (Phi) is 3.90. The highest BCUT2D eigenvalue weighted by Crippen LogP contribution is 2.22. The minimum absolute atomic E-state index is 0.0253. The van der Waals surface area contributed by atoms with Gasteiger partial charge in [-0.1, -0.05) is 38.1 Å². The normalized spacial score (nSPS) is 11.2. The summed E-state index contributed by atoms with van der Waals surface area (Å²) in [5, 5.41) is 6.17. The van der Waals surface area contributed by atoms with Crippen molar-refractivity contribution >= 4 is 0 Å². The van der Waals surface area contributed by atoms with E-state index in [0.29, 0.717) is 12.5 Å². The van der Waals surface area contributed by atoms with E-state index in [9.17, 15) is 4.79 Å². The van der Waals surface area contributed by atoms with E-state index < -0.39 is 0 Å². The lowest BCUT2D eigenvalue weighted by molar-refractivity contribution is 0.734. The van der Waals surface area contributed by atoms with Crippen LogP contribution in [-0.4, -0.2) is 16.8 Å². The molecule has 0 bridgehead atoms. The Morgan fingerprint density at radius 2 is 1.89 bits per heavy atom. The Morgan fingerprint density at radius 3 is 2.42 bits per heavy atom. The van der Waals surface area contributed by atoms with Crippen molar-refractivity contribution in [2.45, 2.75) is 26.3 Å². The molecule has 4 heteroatoms. The molecule has 2 N–H and O–H groups in total. The van der Waals surface area contributed by atoms with Crippen LogP contribution in [0.5, 0.6) is 0 Å². The van der Waals surface area contributed by atoms with E-state index in [1.807, 2.05) is 7.05 Å². The summed E-state index contributed by atoms with van der Waals surface area (Å²) in [6.45, 7) is 4.91. The second kappa shape index (κ2) is 5.45. The van der Waals surface area contributed by atoms with E-state index in [0.717, 1.165) is 16.8 Å². The molecule has 0 saturated carbocycles. The molecule has 2 aromatic rings. The van der Waals surface area contributed by atoms with Crippen molar-refractivity contribution in [3.8, 4) is 11.3 Å². The van der Waals surface area contributed by atoms with Gasteiger partial charge in [0, 0.05) is 13.6 Å². The summed E-state index contributed by atoms with van der Waals surface area (Å²) in [4.78, 5) is 12.0. The lowest BCUT2D eigenvalue weighted by atomic mass is 10.00. The van der Waals surface area contributed by atoms with Crippen LogP contribution in [-0.2, 0) is 13.6 Å². The van der Waals surface area contributed by atoms with Crippen LogP contribution in [0.3, 0.4) is 0 Å². The largest absolute Gasteiger partial charge is 0.315 e. The molecule has 0 unspecified atom stereocenters. The van der Waals surface area contributed by atoms with Gasteiger partial charge in [0.1, 0.15) is 0 Å². The Morgan fingerprint density at radius 1 is 1.26 bits per heavy atom. The van der Waals surface area contributed by atoms with E-state index in [4.69, 9.17) is 0 Å². The summed E-state index contributed by atoms with van der Waals surface area (Å²) >= 11 is 0. The third kappa shape index (κ3) is 2.63. The fourth-order valence-corrected chi connectivity index (χ4v) is 2.21. The molecule has 0 aliphatic heterocycles. The first-order valence-corrected chi connectivity index (χ1v) is 6.57. The zero-order valence-electron chi connectivity index (χ0n) is 11.9. The van der Waals surface area contributed by atoms with Crippen molar-refractivity contribution in [2.75, 3.05) is 7.05 Å². The average molecular weight is 259 g/mol. The third-order valence-corrected chi connectivity index (χ3v) is 3.36. The number of benzene rings is 1. The highest BCUT2D eigenvalue weighted by molar-refractivity contribution is 5.63. The highest BCUT2D eigenvalue weighted by atomic mass is 16.1. The van der Waals surface area contributed by atoms with Crippen LogP contribution in [0.2, 0.25) is 0 Å². The number of aromatic nitrogens is 2. The standard InChI is InChI=1S/C15H21N3O/c1-10(2)11-5-7-12(8-6-11)14-13(9-16-3)15(19)18(4)17-14/h5-8,10,16-17H,9H2,1-4H3. The van der Waals surface area contributed by atoms with Crippen LogP contribution in [0.15, 0.2) is 29.1 Å². The molecule has 4 nitrogen and oxygen atoms in total. The molecule has 0 fully saturated rings. The predicted molar refractivity (Wildman–Crippen MR) is 78.3 cm³/mol. The Labute approximate surface area is 113 Å². The fourth-order valence-electron chi connectivity index (χ4n) is 2.21. The van der Waals surface area contributed by atoms with Crippen molar-refractivity contribution in [3.05, 3.63) is 45.7 Å². The van der Waals surface area contributed by atoms with Crippen LogP contribution in [0, 0.1) is 0 Å². The van der Waals surface area contributed by atoms with Crippen LogP contribution in [0.25, 0.3) is 11.3 Å². The fraction of sp³-hybridized carbons (Fsp3) is 0.400. The molecule has 102 valence electrons. The quantitative estimate of drug-likeness (QED) is 0.884. The Hall–Kier alpha value is -1.81. The van der Waals surface area contributed by atoms with Crippen molar-refractivity contribution < 1.29 is 0 Å². The van der Waals surface area contributed by atoms with Gasteiger partial charge < -0.3 is 5.32 Å². The van der Waals surface area contributed by atoms with E-state index in [2.05, 4.69) is 48.5 Å². The molecular weight excluding hydrogens is 238 g/mol. The topological polar surface area (TPSA) is 49.8 Å². The lowest BCUT2D eigenvalue weighted by Crippen LogP contribution is -2.19. The number of nitrogens with one attached hydrogen (secondary N) is 2. The molecule has 19 heavy (non-hydrogen) atoms. The third-order valence-electron chi connectivity index (χ3n) is 3.36. The van der Waals surface area contributed by atoms with Gasteiger partial charge in [-0.05, 0) is 24.1 Å². The van der Waals surface area contributed by atoms with Crippen LogP contribution >= 0.6 is 0 Å². The highest BCUT2D eigenvalue weighted by Gasteiger charge is 2.13. The van der Waals surface area contributed by atoms with Crippen LogP contribution in [0.1, 0.15) is 30.9 Å². The Balaban J connectivity index is 2.46. The maximum absolute atomic E-state index is 12.0. The first-order valence-electron chi connectivity index (χ1n) is 6.57. The Bertz CT molecular complexity index is 605. The monoisotopic (exact) mass is 259 g/mol. The number of H-pyrrole nitrogens is 1. The van der Waals surface area contributed by atoms with Crippen molar-refractivity contribution in [3.63, 3.8) is 0 Å². The maximum Gasteiger partial charge on any atom is 0.271 e. The molecule has 2 rings (SSSR count). The average Bonchev–Trinajstić information content (AvgIpc) is 2.68. The van der Waals surface area contributed by atoms with Gasteiger partial charge in [-0.25, -0.2) is 0 Å². The first-order chi connectivity index (χ1) is 9.04. The number of hydrogen-bond acceptors (Lipinski definition) is 2. The van der Waals surface area contributed by atoms with Crippen molar-refractivity contribution in [1.29, 1.82) is 0 Å². The van der Waals surface area contributed by atoms with Crippen LogP contribution < -0.4 is 10.9 Å². The molecule has 0 atom stereocenters. The van der Waals surface area contributed by atoms with Gasteiger partial charge in [0.05, 0.1) is 11.3 Å². The first kappa shape index (κ1) is 13.6. The van der Waals surface area contributed by atoms with Crippen molar-refractivity contribution in [1.82, 2.24) is 15.1 Å². The molecule has 1 heterocycles. The molecule has 1 aromatic heterocycles.